The fourth-order valence-electron chi connectivity index (χ4n) is 4.37. The van der Waals surface area contributed by atoms with Gasteiger partial charge in [-0.05, 0) is 50.9 Å². The fraction of sp³-hybridized carbons (Fsp3) is 0.550. The Bertz CT molecular complexity index is 893. The van der Waals surface area contributed by atoms with Crippen molar-refractivity contribution in [1.82, 2.24) is 24.6 Å². The monoisotopic (exact) mass is 366 g/mol. The Kier molecular flexibility index (Phi) is 4.32. The maximum Gasteiger partial charge on any atom is 0.298 e. The van der Waals surface area contributed by atoms with Crippen LogP contribution in [0.1, 0.15) is 43.3 Å². The zero-order valence-corrected chi connectivity index (χ0v) is 15.8. The average molecular weight is 366 g/mol. The molecule has 0 amide bonds. The molecule has 4 heterocycles. The molecular weight excluding hydrogens is 340 g/mol. The Balaban J connectivity index is 1.34. The van der Waals surface area contributed by atoms with Gasteiger partial charge in [-0.1, -0.05) is 12.1 Å². The van der Waals surface area contributed by atoms with Crippen molar-refractivity contribution < 1.29 is 4.42 Å². The highest BCUT2D eigenvalue weighted by Crippen LogP contribution is 2.30. The SMILES string of the molecule is Cn1c(CN2CCCC2)nnc1[C@H]1CCCN(c2nc3ccccc3o2)C1. The summed E-state index contributed by atoms with van der Waals surface area (Å²) in [5.74, 6) is 2.52. The van der Waals surface area contributed by atoms with Gasteiger partial charge in [0.05, 0.1) is 6.54 Å². The van der Waals surface area contributed by atoms with Crippen molar-refractivity contribution in [3.05, 3.63) is 35.9 Å². The summed E-state index contributed by atoms with van der Waals surface area (Å²) >= 11 is 0. The highest BCUT2D eigenvalue weighted by molar-refractivity contribution is 5.74. The summed E-state index contributed by atoms with van der Waals surface area (Å²) in [6, 6.07) is 8.67. The Morgan fingerprint density at radius 3 is 2.78 bits per heavy atom. The third-order valence-corrected chi connectivity index (χ3v) is 5.90. The number of anilines is 1. The summed E-state index contributed by atoms with van der Waals surface area (Å²) in [4.78, 5) is 9.39. The van der Waals surface area contributed by atoms with Crippen LogP contribution in [0.5, 0.6) is 0 Å². The van der Waals surface area contributed by atoms with Gasteiger partial charge in [0.25, 0.3) is 6.01 Å². The van der Waals surface area contributed by atoms with E-state index in [0.717, 1.165) is 61.2 Å². The van der Waals surface area contributed by atoms with E-state index in [4.69, 9.17) is 4.42 Å². The molecule has 7 nitrogen and oxygen atoms in total. The lowest BCUT2D eigenvalue weighted by molar-refractivity contribution is 0.317. The zero-order chi connectivity index (χ0) is 18.2. The number of nitrogens with zero attached hydrogens (tertiary/aromatic N) is 6. The molecule has 0 bridgehead atoms. The minimum absolute atomic E-state index is 0.360. The molecule has 3 aromatic rings. The van der Waals surface area contributed by atoms with Crippen LogP contribution in [-0.2, 0) is 13.6 Å². The Morgan fingerprint density at radius 1 is 1.07 bits per heavy atom. The number of rotatable bonds is 4. The van der Waals surface area contributed by atoms with Crippen LogP contribution in [0, 0.1) is 0 Å². The number of fused-ring (bicyclic) bond motifs is 1. The first-order valence-electron chi connectivity index (χ1n) is 9.99. The summed E-state index contributed by atoms with van der Waals surface area (Å²) < 4.78 is 8.19. The Labute approximate surface area is 159 Å². The lowest BCUT2D eigenvalue weighted by atomic mass is 9.97. The number of aromatic nitrogens is 4. The van der Waals surface area contributed by atoms with Gasteiger partial charge in [-0.25, -0.2) is 0 Å². The molecule has 2 saturated heterocycles. The minimum atomic E-state index is 0.360. The number of piperidine rings is 1. The summed E-state index contributed by atoms with van der Waals surface area (Å²) in [7, 11) is 2.11. The van der Waals surface area contributed by atoms with Crippen LogP contribution in [0.25, 0.3) is 11.1 Å². The van der Waals surface area contributed by atoms with Gasteiger partial charge in [-0.3, -0.25) is 4.90 Å². The van der Waals surface area contributed by atoms with Crippen molar-refractivity contribution >= 4 is 17.1 Å². The Hall–Kier alpha value is -2.41. The summed E-state index contributed by atoms with van der Waals surface area (Å²) in [6.45, 7) is 5.11. The third-order valence-electron chi connectivity index (χ3n) is 5.90. The second kappa shape index (κ2) is 6.96. The third kappa shape index (κ3) is 3.20. The van der Waals surface area contributed by atoms with E-state index in [1.54, 1.807) is 0 Å². The molecule has 2 aromatic heterocycles. The van der Waals surface area contributed by atoms with Gasteiger partial charge < -0.3 is 13.9 Å². The second-order valence-corrected chi connectivity index (χ2v) is 7.77. The topological polar surface area (TPSA) is 63.2 Å². The van der Waals surface area contributed by atoms with Crippen molar-refractivity contribution in [2.45, 2.75) is 38.1 Å². The van der Waals surface area contributed by atoms with Gasteiger partial charge in [0.1, 0.15) is 17.2 Å². The molecule has 7 heteroatoms. The Morgan fingerprint density at radius 2 is 1.93 bits per heavy atom. The van der Waals surface area contributed by atoms with Crippen LogP contribution < -0.4 is 4.90 Å². The van der Waals surface area contributed by atoms with Gasteiger partial charge in [0, 0.05) is 26.1 Å². The first-order chi connectivity index (χ1) is 13.3. The molecule has 1 aromatic carbocycles. The van der Waals surface area contributed by atoms with E-state index in [1.165, 1.54) is 25.9 Å². The minimum Gasteiger partial charge on any atom is -0.423 e. The lowest BCUT2D eigenvalue weighted by Crippen LogP contribution is -2.35. The number of likely N-dealkylation sites (tertiary alicyclic amines) is 1. The van der Waals surface area contributed by atoms with Gasteiger partial charge in [0.15, 0.2) is 5.58 Å². The number of benzene rings is 1. The van der Waals surface area contributed by atoms with Crippen LogP contribution >= 0.6 is 0 Å². The molecule has 0 spiro atoms. The molecule has 0 saturated carbocycles. The second-order valence-electron chi connectivity index (χ2n) is 7.77. The van der Waals surface area contributed by atoms with Gasteiger partial charge >= 0.3 is 0 Å². The van der Waals surface area contributed by atoms with Crippen LogP contribution in [0.4, 0.5) is 6.01 Å². The molecule has 2 aliphatic heterocycles. The highest BCUT2D eigenvalue weighted by atomic mass is 16.4. The molecule has 1 atom stereocenters. The zero-order valence-electron chi connectivity index (χ0n) is 15.8. The lowest BCUT2D eigenvalue weighted by Gasteiger charge is -2.31. The first kappa shape index (κ1) is 16.7. The normalized spacial score (nSPS) is 21.4. The van der Waals surface area contributed by atoms with Gasteiger partial charge in [-0.15, -0.1) is 10.2 Å². The molecule has 0 aliphatic carbocycles. The number of oxazole rings is 1. The highest BCUT2D eigenvalue weighted by Gasteiger charge is 2.28. The molecule has 2 aliphatic rings. The number of para-hydroxylation sites is 2. The van der Waals surface area contributed by atoms with E-state index < -0.39 is 0 Å². The molecule has 142 valence electrons. The van der Waals surface area contributed by atoms with Crippen LogP contribution in [-0.4, -0.2) is 50.8 Å². The fourth-order valence-corrected chi connectivity index (χ4v) is 4.37. The maximum absolute atomic E-state index is 5.98. The standard InChI is InChI=1S/C20H26N6O/c1-24-18(14-25-10-4-5-11-25)22-23-19(24)15-7-6-12-26(13-15)20-21-16-8-2-3-9-17(16)27-20/h2-3,8-9,15H,4-7,10-14H2,1H3/t15-/m0/s1. The first-order valence-corrected chi connectivity index (χ1v) is 9.99. The predicted molar refractivity (Wildman–Crippen MR) is 104 cm³/mol. The molecule has 0 radical (unpaired) electrons. The van der Waals surface area contributed by atoms with Crippen molar-refractivity contribution in [1.29, 1.82) is 0 Å². The van der Waals surface area contributed by atoms with E-state index in [2.05, 4.69) is 36.6 Å². The van der Waals surface area contributed by atoms with E-state index in [9.17, 15) is 0 Å². The molecule has 27 heavy (non-hydrogen) atoms. The quantitative estimate of drug-likeness (QED) is 0.707. The molecule has 0 unspecified atom stereocenters. The molecule has 0 N–H and O–H groups in total. The van der Waals surface area contributed by atoms with Crippen molar-refractivity contribution in [3.63, 3.8) is 0 Å². The smallest absolute Gasteiger partial charge is 0.298 e. The van der Waals surface area contributed by atoms with Crippen molar-refractivity contribution in [3.8, 4) is 0 Å². The average Bonchev–Trinajstić information content (AvgIpc) is 3.43. The number of hydrogen-bond donors (Lipinski definition) is 0. The van der Waals surface area contributed by atoms with Gasteiger partial charge in [-0.2, -0.15) is 4.98 Å². The van der Waals surface area contributed by atoms with E-state index in [1.807, 2.05) is 24.3 Å². The van der Waals surface area contributed by atoms with Crippen LogP contribution in [0.3, 0.4) is 0 Å². The summed E-state index contributed by atoms with van der Waals surface area (Å²) in [6.07, 6.45) is 4.84. The number of hydrogen-bond acceptors (Lipinski definition) is 6. The molecular formula is C20H26N6O. The van der Waals surface area contributed by atoms with Gasteiger partial charge in [0.2, 0.25) is 0 Å². The van der Waals surface area contributed by atoms with Crippen LogP contribution in [0.15, 0.2) is 28.7 Å². The summed E-state index contributed by atoms with van der Waals surface area (Å²) in [5, 5.41) is 9.06. The van der Waals surface area contributed by atoms with E-state index in [0.29, 0.717) is 5.92 Å². The molecule has 2 fully saturated rings. The van der Waals surface area contributed by atoms with Crippen LogP contribution in [0.2, 0.25) is 0 Å². The van der Waals surface area contributed by atoms with E-state index in [-0.39, 0.29) is 0 Å². The predicted octanol–water partition coefficient (Wildman–Crippen LogP) is 2.94. The summed E-state index contributed by atoms with van der Waals surface area (Å²) in [5.41, 5.74) is 1.77. The largest absolute Gasteiger partial charge is 0.423 e. The van der Waals surface area contributed by atoms with Crippen molar-refractivity contribution in [2.24, 2.45) is 7.05 Å². The van der Waals surface area contributed by atoms with E-state index >= 15 is 0 Å². The van der Waals surface area contributed by atoms with Crippen molar-refractivity contribution in [2.75, 3.05) is 31.1 Å². The molecule has 5 rings (SSSR count). The maximum atomic E-state index is 5.98.